The number of nitrogens with zero attached hydrogens (tertiary/aromatic N) is 2. The van der Waals surface area contributed by atoms with Crippen molar-refractivity contribution in [2.75, 3.05) is 32.8 Å². The van der Waals surface area contributed by atoms with E-state index in [1.54, 1.807) is 4.90 Å². The smallest absolute Gasteiger partial charge is 0.294 e. The zero-order valence-corrected chi connectivity index (χ0v) is 16.4. The van der Waals surface area contributed by atoms with Gasteiger partial charge in [0.2, 0.25) is 5.91 Å². The summed E-state index contributed by atoms with van der Waals surface area (Å²) < 4.78 is 37.7. The molecule has 3 heterocycles. The molecule has 0 radical (unpaired) electrons. The Bertz CT molecular complexity index is 1050. The summed E-state index contributed by atoms with van der Waals surface area (Å²) >= 11 is 0.695. The molecule has 4 rings (SSSR count). The third-order valence-corrected chi connectivity index (χ3v) is 5.53. The molecule has 2 saturated heterocycles. The van der Waals surface area contributed by atoms with Gasteiger partial charge in [0.15, 0.2) is 0 Å². The average Bonchev–Trinajstić information content (AvgIpc) is 3.29. The maximum Gasteiger partial charge on any atom is 0.294 e. The molecule has 156 valence electrons. The van der Waals surface area contributed by atoms with Crippen LogP contribution in [0.2, 0.25) is 0 Å². The molecule has 2 aliphatic rings. The number of hydrogen-bond acceptors (Lipinski definition) is 6. The van der Waals surface area contributed by atoms with Gasteiger partial charge in [0, 0.05) is 25.2 Å². The maximum atomic E-state index is 13.9. The average molecular weight is 434 g/mol. The van der Waals surface area contributed by atoms with E-state index in [0.29, 0.717) is 38.1 Å². The minimum Gasteiger partial charge on any atom is -0.457 e. The lowest BCUT2D eigenvalue weighted by Crippen LogP contribution is -2.46. The van der Waals surface area contributed by atoms with Gasteiger partial charge in [0.25, 0.3) is 11.1 Å². The Balaban J connectivity index is 1.48. The largest absolute Gasteiger partial charge is 0.457 e. The van der Waals surface area contributed by atoms with Crippen LogP contribution in [0.3, 0.4) is 0 Å². The number of carbonyl (C=O) groups is 3. The van der Waals surface area contributed by atoms with Crippen molar-refractivity contribution in [2.45, 2.75) is 0 Å². The molecule has 0 bridgehead atoms. The number of ether oxygens (including phenoxy) is 1. The molecule has 2 aliphatic heterocycles. The summed E-state index contributed by atoms with van der Waals surface area (Å²) in [5.74, 6) is -2.04. The lowest BCUT2D eigenvalue weighted by atomic mass is 10.1. The molecule has 2 fully saturated rings. The first-order valence-corrected chi connectivity index (χ1v) is 9.90. The molecule has 10 heteroatoms. The Hall–Kier alpha value is -2.98. The molecule has 0 atom stereocenters. The Labute approximate surface area is 174 Å². The fraction of sp³-hybridized carbons (Fsp3) is 0.250. The summed E-state index contributed by atoms with van der Waals surface area (Å²) in [6, 6.07) is 6.09. The summed E-state index contributed by atoms with van der Waals surface area (Å²) in [5.41, 5.74) is 0.0697. The molecular formula is C20H16F2N2O5S. The van der Waals surface area contributed by atoms with Crippen molar-refractivity contribution in [1.29, 1.82) is 0 Å². The van der Waals surface area contributed by atoms with Crippen LogP contribution >= 0.6 is 11.8 Å². The van der Waals surface area contributed by atoms with Gasteiger partial charge in [0.05, 0.1) is 23.7 Å². The van der Waals surface area contributed by atoms with E-state index in [0.717, 1.165) is 17.0 Å². The Morgan fingerprint density at radius 2 is 1.90 bits per heavy atom. The molecule has 1 aromatic carbocycles. The van der Waals surface area contributed by atoms with Gasteiger partial charge < -0.3 is 14.1 Å². The summed E-state index contributed by atoms with van der Waals surface area (Å²) in [6.45, 7) is 1.33. The van der Waals surface area contributed by atoms with Crippen LogP contribution in [0.5, 0.6) is 0 Å². The van der Waals surface area contributed by atoms with Crippen molar-refractivity contribution in [1.82, 2.24) is 9.80 Å². The zero-order valence-electron chi connectivity index (χ0n) is 15.6. The number of furan rings is 1. The standard InChI is InChI=1S/C20H16F2N2O5S/c21-12-1-3-14(15(22)9-12)16-4-2-13(29-16)10-17-19(26)24(20(27)30-17)11-18(25)23-5-7-28-8-6-23/h1-4,9-10H,5-8,11H2. The van der Waals surface area contributed by atoms with E-state index in [1.165, 1.54) is 24.3 Å². The number of rotatable bonds is 4. The van der Waals surface area contributed by atoms with Crippen LogP contribution in [-0.4, -0.2) is 59.7 Å². The highest BCUT2D eigenvalue weighted by Gasteiger charge is 2.37. The second-order valence-corrected chi connectivity index (χ2v) is 7.58. The number of amides is 3. The SMILES string of the molecule is O=C(CN1C(=O)SC(=Cc2ccc(-c3ccc(F)cc3F)o2)C1=O)N1CCOCC1. The third kappa shape index (κ3) is 4.14. The van der Waals surface area contributed by atoms with Gasteiger partial charge in [-0.1, -0.05) is 0 Å². The molecule has 3 amide bonds. The molecule has 0 aliphatic carbocycles. The molecule has 0 saturated carbocycles. The lowest BCUT2D eigenvalue weighted by molar-refractivity contribution is -0.139. The first kappa shape index (κ1) is 20.3. The van der Waals surface area contributed by atoms with Gasteiger partial charge in [0.1, 0.15) is 29.7 Å². The van der Waals surface area contributed by atoms with Crippen LogP contribution in [0.15, 0.2) is 39.7 Å². The Morgan fingerprint density at radius 3 is 2.63 bits per heavy atom. The monoisotopic (exact) mass is 434 g/mol. The van der Waals surface area contributed by atoms with Crippen LogP contribution < -0.4 is 0 Å². The molecule has 2 aromatic rings. The van der Waals surface area contributed by atoms with Gasteiger partial charge >= 0.3 is 0 Å². The highest BCUT2D eigenvalue weighted by Crippen LogP contribution is 2.33. The molecule has 0 unspecified atom stereocenters. The topological polar surface area (TPSA) is 80.1 Å². The summed E-state index contributed by atoms with van der Waals surface area (Å²) in [7, 11) is 0. The number of halogens is 2. The third-order valence-electron chi connectivity index (χ3n) is 4.63. The van der Waals surface area contributed by atoms with Gasteiger partial charge in [-0.05, 0) is 36.0 Å². The fourth-order valence-electron chi connectivity index (χ4n) is 3.08. The number of benzene rings is 1. The Kier molecular flexibility index (Phi) is 5.69. The van der Waals surface area contributed by atoms with Crippen molar-refractivity contribution < 1.29 is 32.3 Å². The molecule has 30 heavy (non-hydrogen) atoms. The predicted molar refractivity (Wildman–Crippen MR) is 104 cm³/mol. The van der Waals surface area contributed by atoms with Gasteiger partial charge in [-0.3, -0.25) is 19.3 Å². The molecule has 7 nitrogen and oxygen atoms in total. The van der Waals surface area contributed by atoms with E-state index in [-0.39, 0.29) is 34.4 Å². The quantitative estimate of drug-likeness (QED) is 0.688. The van der Waals surface area contributed by atoms with Crippen molar-refractivity contribution in [3.05, 3.63) is 52.6 Å². The number of imide groups is 1. The van der Waals surface area contributed by atoms with Crippen molar-refractivity contribution >= 4 is 34.9 Å². The van der Waals surface area contributed by atoms with E-state index in [2.05, 4.69) is 0 Å². The lowest BCUT2D eigenvalue weighted by Gasteiger charge is -2.27. The van der Waals surface area contributed by atoms with Gasteiger partial charge in [-0.15, -0.1) is 0 Å². The van der Waals surface area contributed by atoms with Crippen LogP contribution in [-0.2, 0) is 14.3 Å². The number of morpholine rings is 1. The van der Waals surface area contributed by atoms with E-state index in [4.69, 9.17) is 9.15 Å². The van der Waals surface area contributed by atoms with Crippen molar-refractivity contribution in [2.24, 2.45) is 0 Å². The highest BCUT2D eigenvalue weighted by atomic mass is 32.2. The van der Waals surface area contributed by atoms with E-state index >= 15 is 0 Å². The molecule has 1 aromatic heterocycles. The molecule has 0 spiro atoms. The Morgan fingerprint density at radius 1 is 1.13 bits per heavy atom. The normalized spacial score (nSPS) is 18.5. The van der Waals surface area contributed by atoms with Gasteiger partial charge in [-0.2, -0.15) is 0 Å². The second-order valence-electron chi connectivity index (χ2n) is 6.59. The zero-order chi connectivity index (χ0) is 21.3. The van der Waals surface area contributed by atoms with E-state index in [9.17, 15) is 23.2 Å². The fourth-order valence-corrected chi connectivity index (χ4v) is 3.90. The van der Waals surface area contributed by atoms with Crippen LogP contribution in [0.1, 0.15) is 5.76 Å². The summed E-state index contributed by atoms with van der Waals surface area (Å²) in [4.78, 5) is 39.7. The van der Waals surface area contributed by atoms with E-state index in [1.807, 2.05) is 0 Å². The summed E-state index contributed by atoms with van der Waals surface area (Å²) in [6.07, 6.45) is 1.36. The van der Waals surface area contributed by atoms with Crippen molar-refractivity contribution in [3.8, 4) is 11.3 Å². The van der Waals surface area contributed by atoms with Gasteiger partial charge in [-0.25, -0.2) is 8.78 Å². The highest BCUT2D eigenvalue weighted by molar-refractivity contribution is 8.18. The molecular weight excluding hydrogens is 418 g/mol. The van der Waals surface area contributed by atoms with Crippen LogP contribution in [0, 0.1) is 11.6 Å². The predicted octanol–water partition coefficient (Wildman–Crippen LogP) is 3.12. The second kappa shape index (κ2) is 8.41. The minimum absolute atomic E-state index is 0.0697. The first-order chi connectivity index (χ1) is 14.4. The van der Waals surface area contributed by atoms with Crippen molar-refractivity contribution in [3.63, 3.8) is 0 Å². The molecule has 0 N–H and O–H groups in total. The first-order valence-electron chi connectivity index (χ1n) is 9.08. The number of hydrogen-bond donors (Lipinski definition) is 0. The maximum absolute atomic E-state index is 13.9. The summed E-state index contributed by atoms with van der Waals surface area (Å²) in [5, 5.41) is -0.552. The van der Waals surface area contributed by atoms with Crippen LogP contribution in [0.25, 0.3) is 17.4 Å². The number of thioether (sulfide) groups is 1. The number of carbonyl (C=O) groups excluding carboxylic acids is 3. The minimum atomic E-state index is -0.780. The van der Waals surface area contributed by atoms with Crippen LogP contribution in [0.4, 0.5) is 13.6 Å². The van der Waals surface area contributed by atoms with E-state index < -0.39 is 22.8 Å².